The Morgan fingerprint density at radius 2 is 1.54 bits per heavy atom. The van der Waals surface area contributed by atoms with Gasteiger partial charge in [-0.05, 0) is 39.7 Å². The number of aliphatic hydroxyl groups is 1. The maximum Gasteiger partial charge on any atom is 0.341 e. The number of carbonyl (C=O) groups is 5. The minimum Gasteiger partial charge on any atom is -0.472 e. The normalized spacial score (nSPS) is 36.8. The van der Waals surface area contributed by atoms with Crippen LogP contribution in [0.5, 0.6) is 0 Å². The summed E-state index contributed by atoms with van der Waals surface area (Å²) in [6.45, 7) is 8.79. The average molecular weight is 581 g/mol. The van der Waals surface area contributed by atoms with Crippen LogP contribution in [-0.2, 0) is 47.6 Å². The van der Waals surface area contributed by atoms with Gasteiger partial charge in [-0.2, -0.15) is 0 Å². The van der Waals surface area contributed by atoms with E-state index in [0.29, 0.717) is 0 Å². The van der Waals surface area contributed by atoms with Crippen molar-refractivity contribution in [3.63, 3.8) is 0 Å². The van der Waals surface area contributed by atoms with Crippen molar-refractivity contribution in [3.8, 4) is 0 Å². The molecule has 0 aromatic carbocycles. The number of fused-ring (bicyclic) bond motifs is 1. The molecular formula is C28H36O13. The van der Waals surface area contributed by atoms with Gasteiger partial charge in [-0.25, -0.2) is 4.79 Å². The van der Waals surface area contributed by atoms with Gasteiger partial charge in [-0.3, -0.25) is 19.2 Å². The Balaban J connectivity index is 2.10. The van der Waals surface area contributed by atoms with E-state index in [1.165, 1.54) is 33.1 Å². The third-order valence-electron chi connectivity index (χ3n) is 8.48. The van der Waals surface area contributed by atoms with Crippen molar-refractivity contribution in [2.45, 2.75) is 103 Å². The molecule has 13 heteroatoms. The maximum atomic E-state index is 13.5. The van der Waals surface area contributed by atoms with E-state index in [1.54, 1.807) is 13.8 Å². The van der Waals surface area contributed by atoms with Gasteiger partial charge in [0.2, 0.25) is 0 Å². The summed E-state index contributed by atoms with van der Waals surface area (Å²) in [5, 5.41) is 12.2. The number of rotatable bonds is 7. The average Bonchev–Trinajstić information content (AvgIpc) is 3.43. The molecule has 1 aromatic heterocycles. The first-order valence-electron chi connectivity index (χ1n) is 13.3. The molecule has 8 atom stereocenters. The van der Waals surface area contributed by atoms with Crippen molar-refractivity contribution in [2.75, 3.05) is 6.61 Å². The molecule has 1 saturated heterocycles. The van der Waals surface area contributed by atoms with E-state index >= 15 is 0 Å². The van der Waals surface area contributed by atoms with Crippen molar-refractivity contribution in [1.29, 1.82) is 0 Å². The van der Waals surface area contributed by atoms with E-state index in [9.17, 15) is 29.1 Å². The second-order valence-corrected chi connectivity index (χ2v) is 11.6. The molecule has 13 nitrogen and oxygen atoms in total. The van der Waals surface area contributed by atoms with Crippen LogP contribution in [0.15, 0.2) is 23.0 Å². The van der Waals surface area contributed by atoms with Gasteiger partial charge in [0.15, 0.2) is 11.7 Å². The molecule has 3 aliphatic rings. The molecule has 1 aromatic rings. The monoisotopic (exact) mass is 580 g/mol. The number of furan rings is 1. The van der Waals surface area contributed by atoms with Crippen LogP contribution in [0.25, 0.3) is 0 Å². The smallest absolute Gasteiger partial charge is 0.341 e. The summed E-state index contributed by atoms with van der Waals surface area (Å²) in [5.74, 6) is -4.85. The van der Waals surface area contributed by atoms with E-state index in [-0.39, 0.29) is 18.4 Å². The Labute approximate surface area is 236 Å². The van der Waals surface area contributed by atoms with Crippen molar-refractivity contribution in [1.82, 2.24) is 0 Å². The predicted octanol–water partition coefficient (Wildman–Crippen LogP) is 1.87. The Morgan fingerprint density at radius 3 is 2.07 bits per heavy atom. The van der Waals surface area contributed by atoms with Gasteiger partial charge >= 0.3 is 29.8 Å². The predicted molar refractivity (Wildman–Crippen MR) is 135 cm³/mol. The summed E-state index contributed by atoms with van der Waals surface area (Å²) in [6, 6.07) is 1.36. The molecule has 0 amide bonds. The van der Waals surface area contributed by atoms with Crippen LogP contribution in [0.4, 0.5) is 0 Å². The molecule has 226 valence electrons. The minimum absolute atomic E-state index is 0.00337. The van der Waals surface area contributed by atoms with Gasteiger partial charge in [0.1, 0.15) is 36.6 Å². The minimum atomic E-state index is -1.99. The lowest BCUT2D eigenvalue weighted by molar-refractivity contribution is -0.348. The lowest BCUT2D eigenvalue weighted by Crippen LogP contribution is -2.83. The Hall–Kier alpha value is -3.45. The topological polar surface area (TPSA) is 174 Å². The summed E-state index contributed by atoms with van der Waals surface area (Å²) < 4.78 is 40.9. The van der Waals surface area contributed by atoms with E-state index in [0.717, 1.165) is 20.1 Å². The zero-order valence-corrected chi connectivity index (χ0v) is 24.1. The van der Waals surface area contributed by atoms with Gasteiger partial charge in [0.05, 0.1) is 28.9 Å². The van der Waals surface area contributed by atoms with E-state index in [2.05, 4.69) is 0 Å². The third-order valence-corrected chi connectivity index (χ3v) is 8.48. The molecule has 0 unspecified atom stereocenters. The van der Waals surface area contributed by atoms with Gasteiger partial charge in [0, 0.05) is 27.7 Å². The van der Waals surface area contributed by atoms with Gasteiger partial charge in [-0.15, -0.1) is 0 Å². The van der Waals surface area contributed by atoms with Crippen LogP contribution in [-0.4, -0.2) is 82.8 Å². The Bertz CT molecular complexity index is 1220. The lowest BCUT2D eigenvalue weighted by Gasteiger charge is -2.65. The van der Waals surface area contributed by atoms with E-state index in [1.807, 2.05) is 0 Å². The second-order valence-electron chi connectivity index (χ2n) is 11.6. The van der Waals surface area contributed by atoms with Crippen LogP contribution in [0.3, 0.4) is 0 Å². The highest BCUT2D eigenvalue weighted by atomic mass is 16.6. The summed E-state index contributed by atoms with van der Waals surface area (Å²) in [6.07, 6.45) is -3.06. The molecule has 0 radical (unpaired) electrons. The lowest BCUT2D eigenvalue weighted by atomic mass is 9.46. The highest BCUT2D eigenvalue weighted by molar-refractivity contribution is 5.89. The number of hydrogen-bond donors (Lipinski definition) is 1. The fourth-order valence-corrected chi connectivity index (χ4v) is 7.24. The Kier molecular flexibility index (Phi) is 7.76. The zero-order chi connectivity index (χ0) is 30.5. The molecule has 1 N–H and O–H groups in total. The standard InChI is InChI=1S/C28H36O13/c1-14(29)36-13-27-19(37-15(2)30)8-10-26(7,34)28(27)22(39-17(4)32)20(25(5,6)41-28)21(38-16(3)31)23(27)40-24(33)18-9-11-35-12-18/h9,11-12,19-23,34H,8,10,13H2,1-7H3/t19-,20+,21-,22+,23-,26-,27-,28-/m0/s1. The van der Waals surface area contributed by atoms with Crippen molar-refractivity contribution in [3.05, 3.63) is 24.2 Å². The summed E-state index contributed by atoms with van der Waals surface area (Å²) >= 11 is 0. The molecule has 2 heterocycles. The number of carbonyl (C=O) groups excluding carboxylic acids is 5. The molecular weight excluding hydrogens is 544 g/mol. The van der Waals surface area contributed by atoms with E-state index < -0.39 is 89.0 Å². The Morgan fingerprint density at radius 1 is 0.902 bits per heavy atom. The molecule has 1 spiro atoms. The van der Waals surface area contributed by atoms with Crippen molar-refractivity contribution >= 4 is 29.8 Å². The molecule has 4 rings (SSSR count). The third kappa shape index (κ3) is 4.78. The van der Waals surface area contributed by atoms with Crippen LogP contribution < -0.4 is 0 Å². The van der Waals surface area contributed by atoms with Crippen molar-refractivity contribution < 1.29 is 61.9 Å². The second kappa shape index (κ2) is 10.4. The van der Waals surface area contributed by atoms with Crippen LogP contribution in [0, 0.1) is 11.3 Å². The summed E-state index contributed by atoms with van der Waals surface area (Å²) in [5.41, 5.74) is -7.05. The number of ether oxygens (including phenoxy) is 6. The van der Waals surface area contributed by atoms with Gasteiger partial charge in [-0.1, -0.05) is 0 Å². The molecule has 41 heavy (non-hydrogen) atoms. The number of esters is 5. The van der Waals surface area contributed by atoms with Crippen LogP contribution in [0.2, 0.25) is 0 Å². The van der Waals surface area contributed by atoms with Gasteiger partial charge in [0.25, 0.3) is 0 Å². The SMILES string of the molecule is CC(=O)OC[C@@]12[C@@H](OC(C)=O)CC[C@](C)(O)[C@]13OC(C)(C)[C@H]([C@H](OC(C)=O)[C@@H]2OC(=O)c1ccoc1)[C@H]3OC(C)=O. The molecule has 2 saturated carbocycles. The van der Waals surface area contributed by atoms with Crippen LogP contribution in [0.1, 0.15) is 71.7 Å². The van der Waals surface area contributed by atoms with Crippen LogP contribution >= 0.6 is 0 Å². The molecule has 2 bridgehead atoms. The fourth-order valence-electron chi connectivity index (χ4n) is 7.24. The summed E-state index contributed by atoms with van der Waals surface area (Å²) in [4.78, 5) is 63.4. The summed E-state index contributed by atoms with van der Waals surface area (Å²) in [7, 11) is 0. The maximum absolute atomic E-state index is 13.5. The van der Waals surface area contributed by atoms with Gasteiger partial charge < -0.3 is 37.9 Å². The highest BCUT2D eigenvalue weighted by Crippen LogP contribution is 2.69. The largest absolute Gasteiger partial charge is 0.472 e. The first-order chi connectivity index (χ1) is 19.0. The zero-order valence-electron chi connectivity index (χ0n) is 24.1. The fraction of sp³-hybridized carbons (Fsp3) is 0.679. The molecule has 3 fully saturated rings. The molecule has 2 aliphatic carbocycles. The first kappa shape index (κ1) is 30.5. The first-order valence-corrected chi connectivity index (χ1v) is 13.3. The van der Waals surface area contributed by atoms with E-state index in [4.69, 9.17) is 32.8 Å². The molecule has 1 aliphatic heterocycles. The quantitative estimate of drug-likeness (QED) is 0.366. The highest BCUT2D eigenvalue weighted by Gasteiger charge is 2.87. The number of hydrogen-bond acceptors (Lipinski definition) is 13. The van der Waals surface area contributed by atoms with Crippen molar-refractivity contribution in [2.24, 2.45) is 11.3 Å².